The minimum Gasteiger partial charge on any atom is -0.348 e. The van der Waals surface area contributed by atoms with E-state index in [1.54, 1.807) is 12.1 Å². The SMILES string of the molecule is C[C@@H]1C(C(=O)NC2CCC(C(C)(C)C)CC2)=NN(c2ccc(Cl)cc2Cl)[C@@H]1c1ccc(Cl)cc1. The van der Waals surface area contributed by atoms with Crippen LogP contribution < -0.4 is 10.3 Å². The topological polar surface area (TPSA) is 44.7 Å². The summed E-state index contributed by atoms with van der Waals surface area (Å²) < 4.78 is 0. The third-order valence-corrected chi connectivity index (χ3v) is 8.06. The lowest BCUT2D eigenvalue weighted by molar-refractivity contribution is -0.116. The smallest absolute Gasteiger partial charge is 0.268 e. The zero-order valence-electron chi connectivity index (χ0n) is 20.1. The lowest BCUT2D eigenvalue weighted by Crippen LogP contribution is -2.43. The minimum absolute atomic E-state index is 0.0988. The number of carbonyl (C=O) groups is 1. The van der Waals surface area contributed by atoms with Gasteiger partial charge in [0.25, 0.3) is 5.91 Å². The zero-order chi connectivity index (χ0) is 24.6. The van der Waals surface area contributed by atoms with E-state index in [-0.39, 0.29) is 23.9 Å². The van der Waals surface area contributed by atoms with Crippen molar-refractivity contribution in [1.29, 1.82) is 0 Å². The van der Waals surface area contributed by atoms with Crippen molar-refractivity contribution in [1.82, 2.24) is 5.32 Å². The molecule has 0 bridgehead atoms. The summed E-state index contributed by atoms with van der Waals surface area (Å²) in [4.78, 5) is 13.4. The van der Waals surface area contributed by atoms with Gasteiger partial charge in [0.1, 0.15) is 5.71 Å². The Bertz CT molecular complexity index is 1070. The number of carbonyl (C=O) groups excluding carboxylic acids is 1. The largest absolute Gasteiger partial charge is 0.348 e. The molecule has 1 saturated carbocycles. The maximum absolute atomic E-state index is 13.4. The van der Waals surface area contributed by atoms with Crippen molar-refractivity contribution in [3.8, 4) is 0 Å². The fourth-order valence-corrected chi connectivity index (χ4v) is 5.83. The van der Waals surface area contributed by atoms with Crippen molar-refractivity contribution >= 4 is 52.1 Å². The predicted octanol–water partition coefficient (Wildman–Crippen LogP) is 7.92. The van der Waals surface area contributed by atoms with Crippen LogP contribution in [-0.4, -0.2) is 17.7 Å². The van der Waals surface area contributed by atoms with Crippen LogP contribution in [0.15, 0.2) is 47.6 Å². The number of benzene rings is 2. The van der Waals surface area contributed by atoms with Crippen LogP contribution in [0.4, 0.5) is 5.69 Å². The van der Waals surface area contributed by atoms with Crippen LogP contribution in [0.2, 0.25) is 15.1 Å². The van der Waals surface area contributed by atoms with E-state index in [1.807, 2.05) is 42.3 Å². The van der Waals surface area contributed by atoms with Gasteiger partial charge in [-0.25, -0.2) is 0 Å². The van der Waals surface area contributed by atoms with Gasteiger partial charge in [-0.1, -0.05) is 74.6 Å². The predicted molar refractivity (Wildman–Crippen MR) is 143 cm³/mol. The molecule has 1 aliphatic carbocycles. The van der Waals surface area contributed by atoms with E-state index >= 15 is 0 Å². The molecule has 0 unspecified atom stereocenters. The van der Waals surface area contributed by atoms with Crippen molar-refractivity contribution < 1.29 is 4.79 Å². The highest BCUT2D eigenvalue weighted by Gasteiger charge is 2.41. The average Bonchev–Trinajstić information content (AvgIpc) is 3.11. The Morgan fingerprint density at radius 3 is 2.18 bits per heavy atom. The first-order valence-corrected chi connectivity index (χ1v) is 13.1. The molecule has 2 aromatic rings. The van der Waals surface area contributed by atoms with E-state index in [0.29, 0.717) is 37.8 Å². The summed E-state index contributed by atoms with van der Waals surface area (Å²) in [5.74, 6) is 0.456. The number of amides is 1. The van der Waals surface area contributed by atoms with E-state index < -0.39 is 0 Å². The molecule has 34 heavy (non-hydrogen) atoms. The molecule has 1 aliphatic heterocycles. The third-order valence-electron chi connectivity index (χ3n) is 7.27. The van der Waals surface area contributed by atoms with E-state index in [4.69, 9.17) is 39.9 Å². The van der Waals surface area contributed by atoms with Crippen LogP contribution in [0, 0.1) is 17.3 Å². The molecule has 2 atom stereocenters. The Kier molecular flexibility index (Phi) is 7.52. The normalized spacial score (nSPS) is 25.3. The second kappa shape index (κ2) is 10.1. The highest BCUT2D eigenvalue weighted by atomic mass is 35.5. The summed E-state index contributed by atoms with van der Waals surface area (Å²) in [6, 6.07) is 13.0. The molecule has 0 saturated heterocycles. The van der Waals surface area contributed by atoms with Crippen LogP contribution in [-0.2, 0) is 4.79 Å². The lowest BCUT2D eigenvalue weighted by Gasteiger charge is -2.37. The second-order valence-corrected chi connectivity index (χ2v) is 11.9. The zero-order valence-corrected chi connectivity index (χ0v) is 22.4. The van der Waals surface area contributed by atoms with Gasteiger partial charge in [-0.3, -0.25) is 9.80 Å². The molecule has 2 aliphatic rings. The molecule has 1 fully saturated rings. The molecule has 0 radical (unpaired) electrons. The molecule has 1 N–H and O–H groups in total. The lowest BCUT2D eigenvalue weighted by atomic mass is 9.71. The summed E-state index contributed by atoms with van der Waals surface area (Å²) in [6.07, 6.45) is 4.28. The van der Waals surface area contributed by atoms with Gasteiger partial charge in [0, 0.05) is 22.0 Å². The van der Waals surface area contributed by atoms with Crippen LogP contribution in [0.25, 0.3) is 0 Å². The molecule has 182 valence electrons. The summed E-state index contributed by atoms with van der Waals surface area (Å²) in [5, 5.41) is 11.6. The standard InChI is InChI=1S/C27H32Cl3N3O/c1-16-24(26(34)31-21-12-7-18(8-13-21)27(2,3)4)32-33(23-14-11-20(29)15-22(23)30)25(16)17-5-9-19(28)10-6-17/h5-6,9-11,14-16,18,21,25H,7-8,12-13H2,1-4H3,(H,31,34)/t16-,18?,21?,25+/m1/s1. The Morgan fingerprint density at radius 2 is 1.59 bits per heavy atom. The molecule has 2 aromatic carbocycles. The van der Waals surface area contributed by atoms with Crippen molar-refractivity contribution in [3.63, 3.8) is 0 Å². The van der Waals surface area contributed by atoms with E-state index in [2.05, 4.69) is 26.1 Å². The van der Waals surface area contributed by atoms with Gasteiger partial charge in [0.2, 0.25) is 0 Å². The number of anilines is 1. The summed E-state index contributed by atoms with van der Waals surface area (Å²) in [7, 11) is 0. The fourth-order valence-electron chi connectivity index (χ4n) is 5.21. The highest BCUT2D eigenvalue weighted by molar-refractivity contribution is 6.41. The second-order valence-electron chi connectivity index (χ2n) is 10.6. The van der Waals surface area contributed by atoms with Gasteiger partial charge in [0.15, 0.2) is 0 Å². The molecule has 0 aromatic heterocycles. The van der Waals surface area contributed by atoms with E-state index in [1.165, 1.54) is 0 Å². The van der Waals surface area contributed by atoms with E-state index in [0.717, 1.165) is 31.2 Å². The van der Waals surface area contributed by atoms with Crippen LogP contribution >= 0.6 is 34.8 Å². The highest BCUT2D eigenvalue weighted by Crippen LogP contribution is 2.43. The van der Waals surface area contributed by atoms with E-state index in [9.17, 15) is 4.79 Å². The first-order chi connectivity index (χ1) is 16.0. The number of nitrogens with zero attached hydrogens (tertiary/aromatic N) is 2. The Hall–Kier alpha value is -1.75. The van der Waals surface area contributed by atoms with Crippen LogP contribution in [0.3, 0.4) is 0 Å². The van der Waals surface area contributed by atoms with Gasteiger partial charge in [-0.2, -0.15) is 5.10 Å². The number of hydrogen-bond donors (Lipinski definition) is 1. The molecule has 7 heteroatoms. The summed E-state index contributed by atoms with van der Waals surface area (Å²) in [5.41, 5.74) is 2.55. The summed E-state index contributed by atoms with van der Waals surface area (Å²) in [6.45, 7) is 8.95. The third kappa shape index (κ3) is 5.40. The maximum atomic E-state index is 13.4. The van der Waals surface area contributed by atoms with Gasteiger partial charge in [-0.05, 0) is 72.9 Å². The average molecular weight is 521 g/mol. The molecule has 0 spiro atoms. The monoisotopic (exact) mass is 519 g/mol. The first-order valence-electron chi connectivity index (χ1n) is 11.9. The van der Waals surface area contributed by atoms with Crippen molar-refractivity contribution in [2.45, 2.75) is 65.5 Å². The molecular formula is C27H32Cl3N3O. The number of hydrazone groups is 1. The van der Waals surface area contributed by atoms with Gasteiger partial charge in [-0.15, -0.1) is 0 Å². The van der Waals surface area contributed by atoms with Crippen LogP contribution in [0.5, 0.6) is 0 Å². The Balaban J connectivity index is 1.58. The number of halogens is 3. The Labute approximate surface area is 217 Å². The van der Waals surface area contributed by atoms with Crippen LogP contribution in [0.1, 0.15) is 65.0 Å². The van der Waals surface area contributed by atoms with Crippen molar-refractivity contribution in [2.24, 2.45) is 22.4 Å². The maximum Gasteiger partial charge on any atom is 0.268 e. The van der Waals surface area contributed by atoms with Crippen molar-refractivity contribution in [2.75, 3.05) is 5.01 Å². The number of nitrogens with one attached hydrogen (secondary N) is 1. The number of rotatable bonds is 4. The Morgan fingerprint density at radius 1 is 0.971 bits per heavy atom. The quantitative estimate of drug-likeness (QED) is 0.445. The molecular weight excluding hydrogens is 489 g/mol. The fraction of sp³-hybridized carbons (Fsp3) is 0.481. The van der Waals surface area contributed by atoms with Gasteiger partial charge >= 0.3 is 0 Å². The molecule has 1 heterocycles. The number of hydrogen-bond acceptors (Lipinski definition) is 3. The molecule has 1 amide bonds. The summed E-state index contributed by atoms with van der Waals surface area (Å²) >= 11 is 18.8. The van der Waals surface area contributed by atoms with Gasteiger partial charge < -0.3 is 5.32 Å². The molecule has 4 rings (SSSR count). The van der Waals surface area contributed by atoms with Crippen molar-refractivity contribution in [3.05, 3.63) is 63.1 Å². The first kappa shape index (κ1) is 25.3. The minimum atomic E-state index is -0.187. The van der Waals surface area contributed by atoms with Gasteiger partial charge in [0.05, 0.1) is 16.8 Å². The molecule has 4 nitrogen and oxygen atoms in total.